The first-order valence-corrected chi connectivity index (χ1v) is 10.7. The Morgan fingerprint density at radius 1 is 1.26 bits per heavy atom. The number of hydrogen-bond acceptors (Lipinski definition) is 8. The normalized spacial score (nSPS) is 11.2. The summed E-state index contributed by atoms with van der Waals surface area (Å²) in [5, 5.41) is 11.6. The van der Waals surface area contributed by atoms with Crippen LogP contribution in [0.15, 0.2) is 47.6 Å². The Morgan fingerprint density at radius 3 is 2.77 bits per heavy atom. The van der Waals surface area contributed by atoms with Crippen LogP contribution in [-0.4, -0.2) is 38.1 Å². The Hall–Kier alpha value is -3.25. The number of aromatic nitrogens is 4. The highest BCUT2D eigenvalue weighted by Gasteiger charge is 2.15. The lowest BCUT2D eigenvalue weighted by atomic mass is 10.2. The number of carbonyl (C=O) groups excluding carboxylic acids is 1. The summed E-state index contributed by atoms with van der Waals surface area (Å²) >= 11 is 2.52. The molecule has 0 radical (unpaired) electrons. The van der Waals surface area contributed by atoms with Crippen molar-refractivity contribution >= 4 is 44.4 Å². The minimum absolute atomic E-state index is 0.0260. The van der Waals surface area contributed by atoms with E-state index in [1.807, 2.05) is 25.1 Å². The zero-order chi connectivity index (χ0) is 22.0. The van der Waals surface area contributed by atoms with Gasteiger partial charge in [-0.2, -0.15) is 8.78 Å². The lowest BCUT2D eigenvalue weighted by Crippen LogP contribution is -2.16. The average Bonchev–Trinajstić information content (AvgIpc) is 3.29. The van der Waals surface area contributed by atoms with E-state index in [1.54, 1.807) is 12.1 Å². The second-order valence-electron chi connectivity index (χ2n) is 6.41. The molecule has 0 bridgehead atoms. The van der Waals surface area contributed by atoms with E-state index in [-0.39, 0.29) is 17.4 Å². The van der Waals surface area contributed by atoms with Crippen molar-refractivity contribution < 1.29 is 18.3 Å². The number of amides is 1. The van der Waals surface area contributed by atoms with Crippen molar-refractivity contribution in [3.63, 3.8) is 0 Å². The molecule has 31 heavy (non-hydrogen) atoms. The number of rotatable bonds is 7. The van der Waals surface area contributed by atoms with E-state index in [9.17, 15) is 13.6 Å². The lowest BCUT2D eigenvalue weighted by molar-refractivity contribution is -0.113. The molecule has 3 N–H and O–H groups in total. The number of hydrogen-bond donors (Lipinski definition) is 2. The Morgan fingerprint density at radius 2 is 2.03 bits per heavy atom. The number of alkyl halides is 2. The highest BCUT2D eigenvalue weighted by molar-refractivity contribution is 7.99. The van der Waals surface area contributed by atoms with Crippen molar-refractivity contribution in [3.05, 3.63) is 48.0 Å². The first kappa shape index (κ1) is 21.0. The summed E-state index contributed by atoms with van der Waals surface area (Å²) in [6.07, 6.45) is 0. The van der Waals surface area contributed by atoms with E-state index in [1.165, 1.54) is 28.1 Å². The van der Waals surface area contributed by atoms with Gasteiger partial charge in [0.1, 0.15) is 5.75 Å². The van der Waals surface area contributed by atoms with Crippen LogP contribution in [0.3, 0.4) is 0 Å². The summed E-state index contributed by atoms with van der Waals surface area (Å²) < 4.78 is 31.1. The number of thioether (sulfide) groups is 1. The molecule has 12 heteroatoms. The van der Waals surface area contributed by atoms with Gasteiger partial charge >= 0.3 is 6.61 Å². The zero-order valence-electron chi connectivity index (χ0n) is 16.1. The maximum absolute atomic E-state index is 12.3. The van der Waals surface area contributed by atoms with Gasteiger partial charge in [-0.1, -0.05) is 29.2 Å². The van der Waals surface area contributed by atoms with E-state index in [0.29, 0.717) is 21.7 Å². The molecule has 2 aromatic heterocycles. The number of nitrogen functional groups attached to an aromatic ring is 1. The predicted octanol–water partition coefficient (Wildman–Crippen LogP) is 3.91. The molecule has 0 unspecified atom stereocenters. The minimum atomic E-state index is -2.90. The van der Waals surface area contributed by atoms with Crippen LogP contribution >= 0.6 is 23.1 Å². The van der Waals surface area contributed by atoms with E-state index in [0.717, 1.165) is 27.5 Å². The summed E-state index contributed by atoms with van der Waals surface area (Å²) in [5.74, 6) is 6.20. The van der Waals surface area contributed by atoms with Crippen LogP contribution in [-0.2, 0) is 4.79 Å². The number of thiazole rings is 1. The van der Waals surface area contributed by atoms with Crippen LogP contribution < -0.4 is 15.9 Å². The molecule has 2 aromatic carbocycles. The van der Waals surface area contributed by atoms with Crippen LogP contribution in [0.25, 0.3) is 21.6 Å². The van der Waals surface area contributed by atoms with Gasteiger partial charge in [0.25, 0.3) is 0 Å². The molecule has 0 aliphatic heterocycles. The fourth-order valence-corrected chi connectivity index (χ4v) is 4.37. The van der Waals surface area contributed by atoms with Gasteiger partial charge in [0.2, 0.25) is 11.1 Å². The van der Waals surface area contributed by atoms with Crippen molar-refractivity contribution in [2.75, 3.05) is 16.9 Å². The minimum Gasteiger partial charge on any atom is -0.435 e. The van der Waals surface area contributed by atoms with Crippen LogP contribution in [0.5, 0.6) is 5.75 Å². The Bertz CT molecular complexity index is 1230. The molecule has 4 rings (SSSR count). The summed E-state index contributed by atoms with van der Waals surface area (Å²) in [7, 11) is 0. The van der Waals surface area contributed by atoms with Crippen molar-refractivity contribution in [1.29, 1.82) is 0 Å². The number of aryl methyl sites for hydroxylation is 1. The molecular weight excluding hydrogens is 446 g/mol. The van der Waals surface area contributed by atoms with Gasteiger partial charge in [-0.15, -0.1) is 10.2 Å². The maximum atomic E-state index is 12.3. The summed E-state index contributed by atoms with van der Waals surface area (Å²) in [6.45, 7) is -0.901. The molecule has 0 fully saturated rings. The number of nitrogens with zero attached hydrogens (tertiary/aromatic N) is 4. The molecule has 0 atom stereocenters. The number of nitrogens with one attached hydrogen (secondary N) is 1. The average molecular weight is 463 g/mol. The van der Waals surface area contributed by atoms with Gasteiger partial charge in [-0.3, -0.25) is 4.79 Å². The van der Waals surface area contributed by atoms with E-state index >= 15 is 0 Å². The molecule has 0 spiro atoms. The zero-order valence-corrected chi connectivity index (χ0v) is 17.7. The van der Waals surface area contributed by atoms with Gasteiger partial charge in [-0.05, 0) is 48.9 Å². The second kappa shape index (κ2) is 8.86. The van der Waals surface area contributed by atoms with Gasteiger partial charge in [0.05, 0.1) is 16.0 Å². The molecule has 2 heterocycles. The highest BCUT2D eigenvalue weighted by Crippen LogP contribution is 2.27. The van der Waals surface area contributed by atoms with E-state index in [4.69, 9.17) is 5.84 Å². The molecule has 160 valence electrons. The fourth-order valence-electron chi connectivity index (χ4n) is 2.73. The molecule has 0 saturated carbocycles. The highest BCUT2D eigenvalue weighted by atomic mass is 32.2. The molecule has 0 aliphatic carbocycles. The molecule has 8 nitrogen and oxygen atoms in total. The maximum Gasteiger partial charge on any atom is 0.387 e. The largest absolute Gasteiger partial charge is 0.435 e. The summed E-state index contributed by atoms with van der Waals surface area (Å²) in [6, 6.07) is 11.8. The number of halogens is 2. The van der Waals surface area contributed by atoms with Crippen LogP contribution in [0.4, 0.5) is 13.9 Å². The number of carbonyl (C=O) groups is 1. The molecule has 0 saturated heterocycles. The smallest absolute Gasteiger partial charge is 0.387 e. The monoisotopic (exact) mass is 462 g/mol. The molecule has 4 aromatic rings. The SMILES string of the molecule is Cc1ccc2nc(NC(=O)CSc3nnc(-c4ccc(OC(F)F)cc4)n3N)sc2c1. The van der Waals surface area contributed by atoms with Crippen molar-refractivity contribution in [3.8, 4) is 17.1 Å². The Labute approximate surface area is 183 Å². The van der Waals surface area contributed by atoms with Crippen LogP contribution in [0.1, 0.15) is 5.56 Å². The quantitative estimate of drug-likeness (QED) is 0.317. The first-order valence-electron chi connectivity index (χ1n) is 8.94. The van der Waals surface area contributed by atoms with Gasteiger partial charge in [0, 0.05) is 5.56 Å². The number of ether oxygens (including phenoxy) is 1. The molecule has 1 amide bonds. The van der Waals surface area contributed by atoms with Crippen LogP contribution in [0.2, 0.25) is 0 Å². The molecular formula is C19H16F2N6O2S2. The topological polar surface area (TPSA) is 108 Å². The van der Waals surface area contributed by atoms with Crippen molar-refractivity contribution in [2.24, 2.45) is 0 Å². The summed E-state index contributed by atoms with van der Waals surface area (Å²) in [5.41, 5.74) is 2.52. The Balaban J connectivity index is 1.38. The van der Waals surface area contributed by atoms with E-state index < -0.39 is 6.61 Å². The summed E-state index contributed by atoms with van der Waals surface area (Å²) in [4.78, 5) is 16.7. The number of fused-ring (bicyclic) bond motifs is 1. The first-order chi connectivity index (χ1) is 14.9. The van der Waals surface area contributed by atoms with Crippen molar-refractivity contribution in [1.82, 2.24) is 19.9 Å². The van der Waals surface area contributed by atoms with Crippen molar-refractivity contribution in [2.45, 2.75) is 18.7 Å². The number of benzene rings is 2. The second-order valence-corrected chi connectivity index (χ2v) is 8.38. The van der Waals surface area contributed by atoms with Gasteiger partial charge < -0.3 is 15.9 Å². The fraction of sp³-hybridized carbons (Fsp3) is 0.158. The van der Waals surface area contributed by atoms with Gasteiger partial charge in [0.15, 0.2) is 11.0 Å². The Kier molecular flexibility index (Phi) is 6.00. The van der Waals surface area contributed by atoms with Gasteiger partial charge in [-0.25, -0.2) is 9.66 Å². The standard InChI is InChI=1S/C19H16F2N6O2S2/c1-10-2-7-13-14(8-10)31-18(23-13)24-15(28)9-30-19-26-25-16(27(19)22)11-3-5-12(6-4-11)29-17(20)21/h2-8,17H,9,22H2,1H3,(H,23,24,28). The van der Waals surface area contributed by atoms with Crippen LogP contribution in [0, 0.1) is 6.92 Å². The molecule has 0 aliphatic rings. The third-order valence-corrected chi connectivity index (χ3v) is 6.00. The van der Waals surface area contributed by atoms with E-state index in [2.05, 4.69) is 25.2 Å². The predicted molar refractivity (Wildman–Crippen MR) is 116 cm³/mol. The third-order valence-electron chi connectivity index (χ3n) is 4.12. The number of nitrogens with two attached hydrogens (primary N) is 1. The number of anilines is 1. The lowest BCUT2D eigenvalue weighted by Gasteiger charge is -2.06. The third kappa shape index (κ3) is 4.91.